The van der Waals surface area contributed by atoms with Gasteiger partial charge in [-0.05, 0) is 26.0 Å². The molecule has 0 aliphatic rings. The maximum absolute atomic E-state index is 12.2. The number of aromatic nitrogens is 1. The molecule has 0 aromatic carbocycles. The molecule has 0 aliphatic carbocycles. The molecule has 1 aromatic rings. The zero-order chi connectivity index (χ0) is 14.0. The molecule has 0 saturated carbocycles. The molecule has 18 heavy (non-hydrogen) atoms. The predicted octanol–water partition coefficient (Wildman–Crippen LogP) is 1.08. The first-order valence-corrected chi connectivity index (χ1v) is 7.15. The monoisotopic (exact) mass is 266 g/mol. The second kappa shape index (κ2) is 4.86. The summed E-state index contributed by atoms with van der Waals surface area (Å²) in [4.78, 5) is 16.1. The lowest BCUT2D eigenvalue weighted by molar-refractivity contribution is -0.121. The van der Waals surface area contributed by atoms with Crippen LogP contribution >= 0.6 is 0 Å². The molecule has 1 heterocycles. The molecule has 1 aromatic heterocycles. The van der Waals surface area contributed by atoms with Crippen molar-refractivity contribution in [2.45, 2.75) is 24.5 Å². The Morgan fingerprint density at radius 2 is 2.06 bits per heavy atom. The average Bonchev–Trinajstić information content (AvgIpc) is 2.29. The molecule has 0 aliphatic heterocycles. The minimum Gasteiger partial charge on any atom is -0.296 e. The fraction of sp³-hybridized carbons (Fsp3) is 0.417. The number of sulfone groups is 1. The SMILES string of the molecule is CC(C)(C(=O)C(C#N)c1ccccn1)S(C)(=O)=O. The summed E-state index contributed by atoms with van der Waals surface area (Å²) in [6.07, 6.45) is 2.44. The zero-order valence-electron chi connectivity index (χ0n) is 10.4. The highest BCUT2D eigenvalue weighted by atomic mass is 32.2. The van der Waals surface area contributed by atoms with Crippen molar-refractivity contribution in [3.63, 3.8) is 0 Å². The minimum absolute atomic E-state index is 0.265. The van der Waals surface area contributed by atoms with Gasteiger partial charge in [-0.15, -0.1) is 0 Å². The second-order valence-electron chi connectivity index (χ2n) is 4.46. The molecule has 0 spiro atoms. The summed E-state index contributed by atoms with van der Waals surface area (Å²) < 4.78 is 21.6. The van der Waals surface area contributed by atoms with E-state index in [9.17, 15) is 13.2 Å². The highest BCUT2D eigenvalue weighted by Gasteiger charge is 2.43. The Morgan fingerprint density at radius 1 is 1.44 bits per heavy atom. The number of pyridine rings is 1. The summed E-state index contributed by atoms with van der Waals surface area (Å²) in [7, 11) is -3.59. The van der Waals surface area contributed by atoms with Gasteiger partial charge in [0.15, 0.2) is 15.6 Å². The van der Waals surface area contributed by atoms with Gasteiger partial charge in [-0.2, -0.15) is 5.26 Å². The van der Waals surface area contributed by atoms with Crippen LogP contribution in [-0.4, -0.2) is 30.2 Å². The molecule has 0 radical (unpaired) electrons. The quantitative estimate of drug-likeness (QED) is 0.813. The van der Waals surface area contributed by atoms with Crippen LogP contribution in [0.4, 0.5) is 0 Å². The summed E-state index contributed by atoms with van der Waals surface area (Å²) in [6, 6.07) is 6.65. The van der Waals surface area contributed by atoms with E-state index in [2.05, 4.69) is 4.98 Å². The van der Waals surface area contributed by atoms with Crippen LogP contribution in [0.15, 0.2) is 24.4 Å². The van der Waals surface area contributed by atoms with E-state index in [-0.39, 0.29) is 5.69 Å². The number of hydrogen-bond acceptors (Lipinski definition) is 5. The van der Waals surface area contributed by atoms with Crippen LogP contribution in [0.1, 0.15) is 25.5 Å². The van der Waals surface area contributed by atoms with E-state index < -0.39 is 26.3 Å². The van der Waals surface area contributed by atoms with Crippen molar-refractivity contribution in [3.8, 4) is 6.07 Å². The summed E-state index contributed by atoms with van der Waals surface area (Å²) in [5.74, 6) is -1.83. The Bertz CT molecular complexity index is 585. The van der Waals surface area contributed by atoms with Crippen molar-refractivity contribution in [1.82, 2.24) is 4.98 Å². The van der Waals surface area contributed by atoms with E-state index in [1.807, 2.05) is 6.07 Å². The van der Waals surface area contributed by atoms with Crippen molar-refractivity contribution < 1.29 is 13.2 Å². The molecule has 1 unspecified atom stereocenters. The number of hydrogen-bond donors (Lipinski definition) is 0. The van der Waals surface area contributed by atoms with Gasteiger partial charge in [-0.3, -0.25) is 9.78 Å². The highest BCUT2D eigenvalue weighted by Crippen LogP contribution is 2.25. The molecular formula is C12H14N2O3S. The first-order chi connectivity index (χ1) is 8.21. The van der Waals surface area contributed by atoms with Gasteiger partial charge >= 0.3 is 0 Å². The van der Waals surface area contributed by atoms with Crippen LogP contribution in [0.25, 0.3) is 0 Å². The molecule has 0 saturated heterocycles. The summed E-state index contributed by atoms with van der Waals surface area (Å²) in [5.41, 5.74) is 0.265. The fourth-order valence-electron chi connectivity index (χ4n) is 1.34. The van der Waals surface area contributed by atoms with E-state index in [0.717, 1.165) is 6.26 Å². The standard InChI is InChI=1S/C12H14N2O3S/c1-12(2,18(3,16)17)11(15)9(8-13)10-6-4-5-7-14-10/h4-7,9H,1-3H3. The van der Waals surface area contributed by atoms with Crippen LogP contribution in [0.2, 0.25) is 0 Å². The fourth-order valence-corrected chi connectivity index (χ4v) is 1.82. The predicted molar refractivity (Wildman–Crippen MR) is 66.5 cm³/mol. The van der Waals surface area contributed by atoms with Gasteiger partial charge in [-0.1, -0.05) is 6.07 Å². The third kappa shape index (κ3) is 2.57. The highest BCUT2D eigenvalue weighted by molar-refractivity contribution is 7.92. The summed E-state index contributed by atoms with van der Waals surface area (Å²) in [6.45, 7) is 2.61. The molecule has 5 nitrogen and oxygen atoms in total. The normalized spacial score (nSPS) is 13.7. The van der Waals surface area contributed by atoms with Gasteiger partial charge in [0, 0.05) is 12.5 Å². The Hall–Kier alpha value is -1.74. The van der Waals surface area contributed by atoms with Gasteiger partial charge in [-0.25, -0.2) is 8.42 Å². The lowest BCUT2D eigenvalue weighted by atomic mass is 9.92. The summed E-state index contributed by atoms with van der Waals surface area (Å²) in [5, 5.41) is 9.07. The maximum Gasteiger partial charge on any atom is 0.176 e. The number of carbonyl (C=O) groups excluding carboxylic acids is 1. The number of nitrogens with zero attached hydrogens (tertiary/aromatic N) is 2. The third-order valence-corrected chi connectivity index (χ3v) is 4.95. The van der Waals surface area contributed by atoms with E-state index in [4.69, 9.17) is 5.26 Å². The molecule has 96 valence electrons. The third-order valence-electron chi connectivity index (χ3n) is 2.90. The largest absolute Gasteiger partial charge is 0.296 e. The molecule has 0 N–H and O–H groups in total. The van der Waals surface area contributed by atoms with Crippen LogP contribution in [0.5, 0.6) is 0 Å². The van der Waals surface area contributed by atoms with Crippen LogP contribution in [-0.2, 0) is 14.6 Å². The van der Waals surface area contributed by atoms with E-state index in [1.54, 1.807) is 12.1 Å². The van der Waals surface area contributed by atoms with Gasteiger partial charge in [0.05, 0.1) is 11.8 Å². The molecule has 0 bridgehead atoms. The van der Waals surface area contributed by atoms with Crippen molar-refractivity contribution in [3.05, 3.63) is 30.1 Å². The van der Waals surface area contributed by atoms with Crippen molar-refractivity contribution in [1.29, 1.82) is 5.26 Å². The van der Waals surface area contributed by atoms with Gasteiger partial charge in [0.2, 0.25) is 0 Å². The topological polar surface area (TPSA) is 87.9 Å². The maximum atomic E-state index is 12.2. The van der Waals surface area contributed by atoms with Crippen molar-refractivity contribution >= 4 is 15.6 Å². The Labute approximate surface area is 106 Å². The molecule has 0 fully saturated rings. The lowest BCUT2D eigenvalue weighted by Crippen LogP contribution is -2.42. The van der Waals surface area contributed by atoms with E-state index in [1.165, 1.54) is 26.1 Å². The Morgan fingerprint density at radius 3 is 2.44 bits per heavy atom. The smallest absolute Gasteiger partial charge is 0.176 e. The molecular weight excluding hydrogens is 252 g/mol. The van der Waals surface area contributed by atoms with Crippen LogP contribution in [0, 0.1) is 11.3 Å². The first-order valence-electron chi connectivity index (χ1n) is 5.26. The molecule has 0 amide bonds. The van der Waals surface area contributed by atoms with E-state index >= 15 is 0 Å². The Balaban J connectivity index is 3.22. The molecule has 1 rings (SSSR count). The Kier molecular flexibility index (Phi) is 3.87. The van der Waals surface area contributed by atoms with Gasteiger partial charge < -0.3 is 0 Å². The minimum atomic E-state index is -3.59. The van der Waals surface area contributed by atoms with Gasteiger partial charge in [0.1, 0.15) is 10.7 Å². The number of nitriles is 1. The number of carbonyl (C=O) groups is 1. The molecule has 6 heteroatoms. The van der Waals surface area contributed by atoms with Crippen molar-refractivity contribution in [2.75, 3.05) is 6.26 Å². The number of rotatable bonds is 4. The second-order valence-corrected chi connectivity index (χ2v) is 7.03. The average molecular weight is 266 g/mol. The summed E-state index contributed by atoms with van der Waals surface area (Å²) >= 11 is 0. The number of Topliss-reactive ketones (excluding diaryl/α,β-unsaturated/α-hetero) is 1. The van der Waals surface area contributed by atoms with Crippen molar-refractivity contribution in [2.24, 2.45) is 0 Å². The number of ketones is 1. The van der Waals surface area contributed by atoms with Gasteiger partial charge in [0.25, 0.3) is 0 Å². The first kappa shape index (κ1) is 14.3. The van der Waals surface area contributed by atoms with Crippen LogP contribution in [0.3, 0.4) is 0 Å². The lowest BCUT2D eigenvalue weighted by Gasteiger charge is -2.23. The molecule has 1 atom stereocenters. The van der Waals surface area contributed by atoms with Crippen LogP contribution < -0.4 is 0 Å². The zero-order valence-corrected chi connectivity index (χ0v) is 11.2. The van der Waals surface area contributed by atoms with E-state index in [0.29, 0.717) is 0 Å².